The van der Waals surface area contributed by atoms with Gasteiger partial charge < -0.3 is 14.7 Å². The topological polar surface area (TPSA) is 49.8 Å². The fourth-order valence-electron chi connectivity index (χ4n) is 4.45. The first-order valence-corrected chi connectivity index (χ1v) is 10.2. The number of hydrogen-bond acceptors (Lipinski definition) is 3. The molecule has 2 aromatic rings. The zero-order valence-electron chi connectivity index (χ0n) is 16.5. The number of fused-ring (bicyclic) bond motifs is 1. The summed E-state index contributed by atoms with van der Waals surface area (Å²) in [7, 11) is 0. The van der Waals surface area contributed by atoms with Crippen molar-refractivity contribution in [1.82, 2.24) is 4.90 Å². The third-order valence-electron chi connectivity index (χ3n) is 5.90. The van der Waals surface area contributed by atoms with E-state index in [1.807, 2.05) is 12.1 Å². The summed E-state index contributed by atoms with van der Waals surface area (Å²) in [5, 5.41) is 9.71. The molecule has 1 amide bonds. The predicted molar refractivity (Wildman–Crippen MR) is 106 cm³/mol. The third kappa shape index (κ3) is 4.46. The number of hydrogen-bond donors (Lipinski definition) is 1. The zero-order chi connectivity index (χ0) is 21.3. The summed E-state index contributed by atoms with van der Waals surface area (Å²) < 4.78 is 43.0. The fraction of sp³-hybridized carbons (Fsp3) is 0.435. The maximum absolute atomic E-state index is 13.1. The molecule has 1 aliphatic carbocycles. The van der Waals surface area contributed by atoms with Gasteiger partial charge in [0.2, 0.25) is 0 Å². The third-order valence-corrected chi connectivity index (χ3v) is 5.90. The van der Waals surface area contributed by atoms with E-state index >= 15 is 0 Å². The number of rotatable bonds is 6. The van der Waals surface area contributed by atoms with E-state index < -0.39 is 12.8 Å². The van der Waals surface area contributed by atoms with Gasteiger partial charge in [-0.15, -0.1) is 0 Å². The Morgan fingerprint density at radius 2 is 1.83 bits per heavy atom. The van der Waals surface area contributed by atoms with Gasteiger partial charge in [0.05, 0.1) is 11.7 Å². The highest BCUT2D eigenvalue weighted by Crippen LogP contribution is 2.38. The van der Waals surface area contributed by atoms with Crippen molar-refractivity contribution in [2.24, 2.45) is 5.92 Å². The molecule has 0 unspecified atom stereocenters. The lowest BCUT2D eigenvalue weighted by Crippen LogP contribution is -2.26. The van der Waals surface area contributed by atoms with Gasteiger partial charge in [0.15, 0.2) is 6.61 Å². The summed E-state index contributed by atoms with van der Waals surface area (Å²) in [5.41, 5.74) is 2.48. The highest BCUT2D eigenvalue weighted by atomic mass is 19.4. The quantitative estimate of drug-likeness (QED) is 0.732. The van der Waals surface area contributed by atoms with Crippen molar-refractivity contribution in [3.8, 4) is 16.9 Å². The summed E-state index contributed by atoms with van der Waals surface area (Å²) in [4.78, 5) is 14.9. The Balaban J connectivity index is 1.55. The van der Waals surface area contributed by atoms with Crippen molar-refractivity contribution in [1.29, 1.82) is 0 Å². The van der Waals surface area contributed by atoms with E-state index in [2.05, 4.69) is 0 Å². The molecule has 4 rings (SSSR count). The molecule has 0 saturated heterocycles. The molecule has 0 aromatic heterocycles. The van der Waals surface area contributed by atoms with Crippen LogP contribution in [-0.2, 0) is 6.54 Å². The average molecular weight is 419 g/mol. The molecule has 160 valence electrons. The van der Waals surface area contributed by atoms with Crippen LogP contribution in [0.3, 0.4) is 0 Å². The number of para-hydroxylation sites is 1. The van der Waals surface area contributed by atoms with E-state index in [-0.39, 0.29) is 17.8 Å². The Morgan fingerprint density at radius 1 is 1.07 bits per heavy atom. The van der Waals surface area contributed by atoms with E-state index in [0.717, 1.165) is 31.2 Å². The second-order valence-corrected chi connectivity index (χ2v) is 8.09. The predicted octanol–water partition coefficient (Wildman–Crippen LogP) is 4.80. The van der Waals surface area contributed by atoms with E-state index in [1.54, 1.807) is 29.2 Å². The normalized spacial score (nSPS) is 21.2. The molecule has 2 aromatic carbocycles. The van der Waals surface area contributed by atoms with Crippen molar-refractivity contribution < 1.29 is 27.8 Å². The Labute approximate surface area is 173 Å². The molecule has 0 bridgehead atoms. The molecule has 0 radical (unpaired) electrons. The smallest absolute Gasteiger partial charge is 0.422 e. The molecule has 1 N–H and O–H groups in total. The largest absolute Gasteiger partial charge is 0.483 e. The van der Waals surface area contributed by atoms with Crippen molar-refractivity contribution in [2.75, 3.05) is 13.2 Å². The number of amides is 1. The minimum Gasteiger partial charge on any atom is -0.483 e. The molecular weight excluding hydrogens is 395 g/mol. The molecule has 1 aliphatic heterocycles. The monoisotopic (exact) mass is 419 g/mol. The van der Waals surface area contributed by atoms with Gasteiger partial charge in [-0.2, -0.15) is 13.2 Å². The Morgan fingerprint density at radius 3 is 2.57 bits per heavy atom. The van der Waals surface area contributed by atoms with E-state index in [1.165, 1.54) is 6.07 Å². The minimum atomic E-state index is -4.44. The van der Waals surface area contributed by atoms with Crippen LogP contribution in [0.4, 0.5) is 13.2 Å². The maximum Gasteiger partial charge on any atom is 0.422 e. The summed E-state index contributed by atoms with van der Waals surface area (Å²) in [6, 6.07) is 12.0. The molecule has 0 spiro atoms. The van der Waals surface area contributed by atoms with Gasteiger partial charge >= 0.3 is 6.18 Å². The van der Waals surface area contributed by atoms with Crippen LogP contribution in [0.1, 0.15) is 41.6 Å². The van der Waals surface area contributed by atoms with E-state index in [0.29, 0.717) is 35.7 Å². The molecule has 1 fully saturated rings. The number of alkyl halides is 3. The van der Waals surface area contributed by atoms with Crippen LogP contribution in [0.5, 0.6) is 5.75 Å². The summed E-state index contributed by atoms with van der Waals surface area (Å²) in [5.74, 6) is 0.423. The van der Waals surface area contributed by atoms with Crippen LogP contribution < -0.4 is 4.74 Å². The first-order chi connectivity index (χ1) is 14.3. The van der Waals surface area contributed by atoms with Crippen LogP contribution in [-0.4, -0.2) is 41.3 Å². The van der Waals surface area contributed by atoms with Gasteiger partial charge in [-0.05, 0) is 48.8 Å². The number of ether oxygens (including phenoxy) is 1. The number of nitrogens with zero attached hydrogens (tertiary/aromatic N) is 1. The standard InChI is InChI=1S/C23H24F3NO3/c24-23(25,26)14-30-20-7-2-1-5-18(20)19-6-3-4-16-13-27(22(29)21(16)19)11-10-15-8-9-17(28)12-15/h1-7,15,17,28H,8-14H2/t15-,17-/m1/s1. The molecule has 4 nitrogen and oxygen atoms in total. The van der Waals surface area contributed by atoms with Gasteiger partial charge in [-0.3, -0.25) is 4.79 Å². The zero-order valence-corrected chi connectivity index (χ0v) is 16.5. The first kappa shape index (κ1) is 20.7. The Bertz CT molecular complexity index is 928. The van der Waals surface area contributed by atoms with Crippen LogP contribution >= 0.6 is 0 Å². The SMILES string of the molecule is O=C1c2c(cccc2-c2ccccc2OCC(F)(F)F)CN1CC[C@H]1CC[C@@H](O)C1. The van der Waals surface area contributed by atoms with Crippen molar-refractivity contribution in [3.05, 3.63) is 53.6 Å². The molecule has 2 aliphatic rings. The van der Waals surface area contributed by atoms with Gasteiger partial charge in [-0.1, -0.05) is 36.4 Å². The number of aliphatic hydroxyl groups excluding tert-OH is 1. The molecule has 1 heterocycles. The second-order valence-electron chi connectivity index (χ2n) is 8.09. The summed E-state index contributed by atoms with van der Waals surface area (Å²) >= 11 is 0. The van der Waals surface area contributed by atoms with Gasteiger partial charge in [0, 0.05) is 18.7 Å². The highest BCUT2D eigenvalue weighted by Gasteiger charge is 2.33. The van der Waals surface area contributed by atoms with Crippen molar-refractivity contribution in [2.45, 2.75) is 44.5 Å². The molecule has 2 atom stereocenters. The highest BCUT2D eigenvalue weighted by molar-refractivity contribution is 6.05. The molecule has 30 heavy (non-hydrogen) atoms. The van der Waals surface area contributed by atoms with E-state index in [4.69, 9.17) is 4.74 Å². The van der Waals surface area contributed by atoms with Crippen LogP contribution in [0, 0.1) is 5.92 Å². The van der Waals surface area contributed by atoms with Gasteiger partial charge in [0.1, 0.15) is 5.75 Å². The van der Waals surface area contributed by atoms with Crippen molar-refractivity contribution in [3.63, 3.8) is 0 Å². The second kappa shape index (κ2) is 8.30. The van der Waals surface area contributed by atoms with Gasteiger partial charge in [-0.25, -0.2) is 0 Å². The minimum absolute atomic E-state index is 0.106. The van der Waals surface area contributed by atoms with Crippen LogP contribution in [0.25, 0.3) is 11.1 Å². The lowest BCUT2D eigenvalue weighted by Gasteiger charge is -2.18. The lowest BCUT2D eigenvalue weighted by atomic mass is 9.96. The van der Waals surface area contributed by atoms with Crippen molar-refractivity contribution >= 4 is 5.91 Å². The van der Waals surface area contributed by atoms with Gasteiger partial charge in [0.25, 0.3) is 5.91 Å². The van der Waals surface area contributed by atoms with E-state index in [9.17, 15) is 23.1 Å². The summed E-state index contributed by atoms with van der Waals surface area (Å²) in [6.45, 7) is -0.286. The Hall–Kier alpha value is -2.54. The number of benzene rings is 2. The lowest BCUT2D eigenvalue weighted by molar-refractivity contribution is -0.153. The molecule has 7 heteroatoms. The molecular formula is C23H24F3NO3. The van der Waals surface area contributed by atoms with Crippen LogP contribution in [0.2, 0.25) is 0 Å². The Kier molecular flexibility index (Phi) is 5.73. The average Bonchev–Trinajstić information content (AvgIpc) is 3.27. The number of carbonyl (C=O) groups is 1. The maximum atomic E-state index is 13.1. The first-order valence-electron chi connectivity index (χ1n) is 10.2. The van der Waals surface area contributed by atoms with Crippen LogP contribution in [0.15, 0.2) is 42.5 Å². The summed E-state index contributed by atoms with van der Waals surface area (Å²) in [6.07, 6.45) is -1.25. The number of halogens is 3. The number of aliphatic hydroxyl groups is 1. The molecule has 1 saturated carbocycles. The number of carbonyl (C=O) groups excluding carboxylic acids is 1. The fourth-order valence-corrected chi connectivity index (χ4v) is 4.45.